The first-order valence-corrected chi connectivity index (χ1v) is 9.46. The minimum Gasteiger partial charge on any atom is -0.314 e. The summed E-state index contributed by atoms with van der Waals surface area (Å²) in [5.41, 5.74) is 0. The van der Waals surface area contributed by atoms with Crippen LogP contribution in [-0.2, 0) is 10.2 Å². The molecule has 1 fully saturated rings. The predicted octanol–water partition coefficient (Wildman–Crippen LogP) is 1.04. The summed E-state index contributed by atoms with van der Waals surface area (Å²) in [7, 11) is -1.67. The smallest absolute Gasteiger partial charge is 0.279 e. The van der Waals surface area contributed by atoms with Crippen LogP contribution in [0.5, 0.6) is 0 Å². The van der Waals surface area contributed by atoms with Gasteiger partial charge in [-0.05, 0) is 31.6 Å². The zero-order chi connectivity index (χ0) is 14.3. The van der Waals surface area contributed by atoms with Gasteiger partial charge in [-0.1, -0.05) is 13.8 Å². The van der Waals surface area contributed by atoms with Gasteiger partial charge in [0.05, 0.1) is 0 Å². The molecule has 0 aliphatic carbocycles. The Morgan fingerprint density at radius 1 is 1.42 bits per heavy atom. The molecule has 1 atom stereocenters. The second-order valence-corrected chi connectivity index (χ2v) is 8.54. The van der Waals surface area contributed by atoms with Crippen LogP contribution in [-0.4, -0.2) is 56.4 Å². The Morgan fingerprint density at radius 3 is 2.74 bits per heavy atom. The Bertz CT molecular complexity index is 341. The fraction of sp³-hybridized carbons (Fsp3) is 1.00. The lowest BCUT2D eigenvalue weighted by Crippen LogP contribution is -2.41. The highest BCUT2D eigenvalue weighted by Gasteiger charge is 2.21. The molecule has 0 aromatic heterocycles. The van der Waals surface area contributed by atoms with Crippen LogP contribution in [0.4, 0.5) is 0 Å². The number of rotatable bonds is 9. The molecule has 5 nitrogen and oxygen atoms in total. The third-order valence-electron chi connectivity index (χ3n) is 3.13. The van der Waals surface area contributed by atoms with Gasteiger partial charge in [-0.2, -0.15) is 24.5 Å². The van der Waals surface area contributed by atoms with Crippen molar-refractivity contribution in [2.45, 2.75) is 44.4 Å². The lowest BCUT2D eigenvalue weighted by atomic mass is 10.2. The molecule has 0 aromatic carbocycles. The van der Waals surface area contributed by atoms with E-state index in [0.29, 0.717) is 24.4 Å². The minimum atomic E-state index is -3.31. The van der Waals surface area contributed by atoms with Crippen molar-refractivity contribution in [3.8, 4) is 0 Å². The molecular formula is C12H27N3O2S2. The predicted molar refractivity (Wildman–Crippen MR) is 82.8 cm³/mol. The zero-order valence-electron chi connectivity index (χ0n) is 12.2. The van der Waals surface area contributed by atoms with E-state index in [0.717, 1.165) is 25.1 Å². The maximum absolute atomic E-state index is 12.0. The van der Waals surface area contributed by atoms with E-state index in [4.69, 9.17) is 0 Å². The highest BCUT2D eigenvalue weighted by atomic mass is 32.2. The van der Waals surface area contributed by atoms with Gasteiger partial charge in [0.1, 0.15) is 0 Å². The molecule has 7 heteroatoms. The Balaban J connectivity index is 2.22. The first kappa shape index (κ1) is 17.2. The number of hydrogen-bond donors (Lipinski definition) is 2. The molecule has 1 unspecified atom stereocenters. The van der Waals surface area contributed by atoms with Crippen LogP contribution in [0.2, 0.25) is 0 Å². The van der Waals surface area contributed by atoms with Crippen molar-refractivity contribution in [2.24, 2.45) is 0 Å². The van der Waals surface area contributed by atoms with Crippen LogP contribution in [0, 0.1) is 0 Å². The maximum Gasteiger partial charge on any atom is 0.279 e. The molecule has 0 spiro atoms. The van der Waals surface area contributed by atoms with Gasteiger partial charge in [-0.25, -0.2) is 4.72 Å². The molecular weight excluding hydrogens is 282 g/mol. The van der Waals surface area contributed by atoms with Gasteiger partial charge in [0.2, 0.25) is 0 Å². The average molecular weight is 310 g/mol. The summed E-state index contributed by atoms with van der Waals surface area (Å²) < 4.78 is 28.1. The molecule has 0 aromatic rings. The first-order valence-electron chi connectivity index (χ1n) is 6.97. The van der Waals surface area contributed by atoms with E-state index in [9.17, 15) is 8.42 Å². The first-order chi connectivity index (χ1) is 8.92. The van der Waals surface area contributed by atoms with Crippen molar-refractivity contribution < 1.29 is 8.42 Å². The van der Waals surface area contributed by atoms with Gasteiger partial charge >= 0.3 is 0 Å². The molecule has 0 saturated carbocycles. The van der Waals surface area contributed by atoms with Crippen molar-refractivity contribution in [1.82, 2.24) is 14.3 Å². The summed E-state index contributed by atoms with van der Waals surface area (Å²) in [5, 5.41) is 3.73. The monoisotopic (exact) mass is 309 g/mol. The van der Waals surface area contributed by atoms with Crippen LogP contribution < -0.4 is 10.0 Å². The van der Waals surface area contributed by atoms with Crippen LogP contribution >= 0.6 is 11.8 Å². The summed E-state index contributed by atoms with van der Waals surface area (Å²) in [4.78, 5) is 0. The Labute approximate surface area is 122 Å². The standard InChI is InChI=1S/C12H27N3O2S2/c1-11(2)13-7-5-8-15(3)19(16,17)14-10-12-6-4-9-18-12/h11-14H,4-10H2,1-3H3. The van der Waals surface area contributed by atoms with Gasteiger partial charge in [-0.15, -0.1) is 0 Å². The summed E-state index contributed by atoms with van der Waals surface area (Å²) in [6.07, 6.45) is 3.15. The van der Waals surface area contributed by atoms with Gasteiger partial charge in [-0.3, -0.25) is 0 Å². The average Bonchev–Trinajstić information content (AvgIpc) is 2.84. The number of nitrogens with zero attached hydrogens (tertiary/aromatic N) is 1. The topological polar surface area (TPSA) is 61.4 Å². The van der Waals surface area contributed by atoms with E-state index in [-0.39, 0.29) is 0 Å². The highest BCUT2D eigenvalue weighted by Crippen LogP contribution is 2.25. The SMILES string of the molecule is CC(C)NCCCN(C)S(=O)(=O)NCC1CCCS1. The largest absolute Gasteiger partial charge is 0.314 e. The van der Waals surface area contributed by atoms with E-state index in [1.165, 1.54) is 10.7 Å². The lowest BCUT2D eigenvalue weighted by molar-refractivity contribution is 0.439. The highest BCUT2D eigenvalue weighted by molar-refractivity contribution is 8.00. The van der Waals surface area contributed by atoms with Crippen LogP contribution in [0.25, 0.3) is 0 Å². The molecule has 1 heterocycles. The molecule has 1 aliphatic rings. The van der Waals surface area contributed by atoms with Crippen LogP contribution in [0.3, 0.4) is 0 Å². The summed E-state index contributed by atoms with van der Waals surface area (Å²) in [6.45, 7) is 6.12. The van der Waals surface area contributed by atoms with Crippen LogP contribution in [0.15, 0.2) is 0 Å². The van der Waals surface area contributed by atoms with Crippen molar-refractivity contribution in [3.05, 3.63) is 0 Å². The van der Waals surface area contributed by atoms with E-state index in [1.807, 2.05) is 11.8 Å². The molecule has 0 amide bonds. The second-order valence-electron chi connectivity index (χ2n) is 5.27. The van der Waals surface area contributed by atoms with E-state index in [1.54, 1.807) is 7.05 Å². The maximum atomic E-state index is 12.0. The number of nitrogens with one attached hydrogen (secondary N) is 2. The molecule has 114 valence electrons. The van der Waals surface area contributed by atoms with Gasteiger partial charge in [0.15, 0.2) is 0 Å². The van der Waals surface area contributed by atoms with Crippen molar-refractivity contribution in [3.63, 3.8) is 0 Å². The van der Waals surface area contributed by atoms with E-state index >= 15 is 0 Å². The molecule has 2 N–H and O–H groups in total. The van der Waals surface area contributed by atoms with Crippen molar-refractivity contribution in [1.29, 1.82) is 0 Å². The third-order valence-corrected chi connectivity index (χ3v) is 6.06. The van der Waals surface area contributed by atoms with Gasteiger partial charge < -0.3 is 5.32 Å². The molecule has 0 bridgehead atoms. The number of hydrogen-bond acceptors (Lipinski definition) is 4. The minimum absolute atomic E-state index is 0.444. The fourth-order valence-electron chi connectivity index (χ4n) is 1.93. The molecule has 1 aliphatic heterocycles. The normalized spacial score (nSPS) is 20.6. The molecule has 1 saturated heterocycles. The Kier molecular flexibility index (Phi) is 7.68. The molecule has 19 heavy (non-hydrogen) atoms. The quantitative estimate of drug-likeness (QED) is 0.625. The van der Waals surface area contributed by atoms with E-state index < -0.39 is 10.2 Å². The van der Waals surface area contributed by atoms with Crippen molar-refractivity contribution in [2.75, 3.05) is 32.4 Å². The third kappa shape index (κ3) is 6.94. The van der Waals surface area contributed by atoms with Gasteiger partial charge in [0, 0.05) is 31.4 Å². The second kappa shape index (κ2) is 8.46. The Morgan fingerprint density at radius 2 is 2.16 bits per heavy atom. The lowest BCUT2D eigenvalue weighted by Gasteiger charge is -2.19. The summed E-state index contributed by atoms with van der Waals surface area (Å²) >= 11 is 1.86. The van der Waals surface area contributed by atoms with E-state index in [2.05, 4.69) is 23.9 Å². The zero-order valence-corrected chi connectivity index (χ0v) is 13.8. The van der Waals surface area contributed by atoms with Crippen molar-refractivity contribution >= 4 is 22.0 Å². The molecule has 1 rings (SSSR count). The summed E-state index contributed by atoms with van der Waals surface area (Å²) in [6, 6.07) is 0.444. The fourth-order valence-corrected chi connectivity index (χ4v) is 4.23. The number of thioether (sulfide) groups is 1. The van der Waals surface area contributed by atoms with Crippen LogP contribution in [0.1, 0.15) is 33.1 Å². The van der Waals surface area contributed by atoms with Gasteiger partial charge in [0.25, 0.3) is 10.2 Å². The summed E-state index contributed by atoms with van der Waals surface area (Å²) in [5.74, 6) is 1.16. The molecule has 0 radical (unpaired) electrons. The Hall–Kier alpha value is 0.180.